The van der Waals surface area contributed by atoms with Gasteiger partial charge in [0.15, 0.2) is 11.6 Å². The Labute approximate surface area is 115 Å². The van der Waals surface area contributed by atoms with Crippen LogP contribution in [-0.4, -0.2) is 24.6 Å². The summed E-state index contributed by atoms with van der Waals surface area (Å²) in [6.07, 6.45) is 0. The molecule has 108 valence electrons. The Balaban J connectivity index is 3.51. The summed E-state index contributed by atoms with van der Waals surface area (Å²) in [5.74, 6) is -1.91. The van der Waals surface area contributed by atoms with Crippen LogP contribution in [0.3, 0.4) is 0 Å². The molecule has 0 N–H and O–H groups in total. The van der Waals surface area contributed by atoms with Gasteiger partial charge in [0.05, 0.1) is 18.6 Å². The van der Waals surface area contributed by atoms with E-state index in [1.165, 1.54) is 25.3 Å². The fourth-order valence-corrected chi connectivity index (χ4v) is 1.61. The molecular formula is C13H14FNO5. The Morgan fingerprint density at radius 3 is 2.60 bits per heavy atom. The monoisotopic (exact) mass is 283 g/mol. The molecule has 0 aliphatic carbocycles. The lowest BCUT2D eigenvalue weighted by molar-refractivity contribution is -0.423. The highest BCUT2D eigenvalue weighted by atomic mass is 19.1. The van der Waals surface area contributed by atoms with Crippen LogP contribution in [0.2, 0.25) is 0 Å². The van der Waals surface area contributed by atoms with Gasteiger partial charge >= 0.3 is 5.97 Å². The third kappa shape index (κ3) is 3.11. The first-order valence-electron chi connectivity index (χ1n) is 5.79. The van der Waals surface area contributed by atoms with Crippen molar-refractivity contribution in [3.63, 3.8) is 0 Å². The molecule has 1 aromatic rings. The normalized spacial score (nSPS) is 11.6. The van der Waals surface area contributed by atoms with Crippen molar-refractivity contribution in [3.8, 4) is 5.75 Å². The van der Waals surface area contributed by atoms with Crippen molar-refractivity contribution < 1.29 is 23.6 Å². The van der Waals surface area contributed by atoms with Crippen LogP contribution in [0.15, 0.2) is 23.9 Å². The van der Waals surface area contributed by atoms with Gasteiger partial charge in [0.2, 0.25) is 0 Å². The van der Waals surface area contributed by atoms with Gasteiger partial charge in [-0.2, -0.15) is 0 Å². The molecule has 0 aliphatic rings. The molecule has 0 atom stereocenters. The Bertz CT molecular complexity index is 568. The average Bonchev–Trinajstić information content (AvgIpc) is 2.41. The van der Waals surface area contributed by atoms with E-state index in [1.54, 1.807) is 6.92 Å². The van der Waals surface area contributed by atoms with Gasteiger partial charge in [-0.3, -0.25) is 10.1 Å². The molecule has 0 saturated heterocycles. The molecule has 0 unspecified atom stereocenters. The summed E-state index contributed by atoms with van der Waals surface area (Å²) in [5, 5.41) is 10.9. The maximum Gasteiger partial charge on any atom is 0.345 e. The molecule has 20 heavy (non-hydrogen) atoms. The van der Waals surface area contributed by atoms with Crippen LogP contribution in [0.4, 0.5) is 4.39 Å². The number of halogens is 1. The van der Waals surface area contributed by atoms with Crippen LogP contribution in [0.5, 0.6) is 5.75 Å². The van der Waals surface area contributed by atoms with Crippen molar-refractivity contribution in [1.29, 1.82) is 0 Å². The molecule has 1 rings (SSSR count). The topological polar surface area (TPSA) is 78.7 Å². The van der Waals surface area contributed by atoms with E-state index in [9.17, 15) is 19.3 Å². The molecule has 0 fully saturated rings. The lowest BCUT2D eigenvalue weighted by Crippen LogP contribution is -2.13. The zero-order valence-electron chi connectivity index (χ0n) is 11.3. The molecule has 7 heteroatoms. The van der Waals surface area contributed by atoms with Crippen molar-refractivity contribution >= 4 is 11.5 Å². The summed E-state index contributed by atoms with van der Waals surface area (Å²) >= 11 is 0. The van der Waals surface area contributed by atoms with Gasteiger partial charge in [0.25, 0.3) is 5.70 Å². The van der Waals surface area contributed by atoms with Crippen molar-refractivity contribution in [1.82, 2.24) is 0 Å². The van der Waals surface area contributed by atoms with Gasteiger partial charge in [0.1, 0.15) is 5.57 Å². The highest BCUT2D eigenvalue weighted by Gasteiger charge is 2.27. The Morgan fingerprint density at radius 1 is 1.45 bits per heavy atom. The number of ether oxygens (including phenoxy) is 2. The van der Waals surface area contributed by atoms with Crippen molar-refractivity contribution in [2.75, 3.05) is 13.7 Å². The first-order chi connectivity index (χ1) is 9.43. The standard InChI is InChI=1S/C13H14FNO5/c1-4-20-13(16)11(8(2)15(17)18)9-6-5-7-10(19-3)12(9)14/h5-7H,4H2,1-3H3. The van der Waals surface area contributed by atoms with Gasteiger partial charge in [0, 0.05) is 12.5 Å². The number of esters is 1. The lowest BCUT2D eigenvalue weighted by Gasteiger charge is -2.10. The maximum absolute atomic E-state index is 14.2. The van der Waals surface area contributed by atoms with E-state index in [0.717, 1.165) is 6.92 Å². The van der Waals surface area contributed by atoms with E-state index in [-0.39, 0.29) is 17.9 Å². The van der Waals surface area contributed by atoms with Gasteiger partial charge in [-0.05, 0) is 13.0 Å². The summed E-state index contributed by atoms with van der Waals surface area (Å²) in [6.45, 7) is 2.70. The van der Waals surface area contributed by atoms with Gasteiger partial charge < -0.3 is 9.47 Å². The van der Waals surface area contributed by atoms with Crippen LogP contribution < -0.4 is 4.74 Å². The number of hydrogen-bond donors (Lipinski definition) is 0. The summed E-state index contributed by atoms with van der Waals surface area (Å²) in [7, 11) is 1.26. The van der Waals surface area contributed by atoms with E-state index in [1.807, 2.05) is 0 Å². The first-order valence-corrected chi connectivity index (χ1v) is 5.79. The largest absolute Gasteiger partial charge is 0.494 e. The quantitative estimate of drug-likeness (QED) is 0.359. The molecule has 0 bridgehead atoms. The van der Waals surface area contributed by atoms with Crippen molar-refractivity contribution in [3.05, 3.63) is 45.4 Å². The number of nitrogens with zero attached hydrogens (tertiary/aromatic N) is 1. The minimum Gasteiger partial charge on any atom is -0.494 e. The van der Waals surface area contributed by atoms with E-state index in [2.05, 4.69) is 0 Å². The van der Waals surface area contributed by atoms with E-state index in [0.29, 0.717) is 0 Å². The maximum atomic E-state index is 14.2. The molecule has 6 nitrogen and oxygen atoms in total. The second kappa shape index (κ2) is 6.65. The molecule has 0 saturated carbocycles. The number of methoxy groups -OCH3 is 1. The zero-order valence-corrected chi connectivity index (χ0v) is 11.3. The summed E-state index contributed by atoms with van der Waals surface area (Å²) < 4.78 is 23.7. The minimum absolute atomic E-state index is 0.0267. The second-order valence-corrected chi connectivity index (χ2v) is 3.76. The zero-order chi connectivity index (χ0) is 15.3. The number of nitro groups is 1. The second-order valence-electron chi connectivity index (χ2n) is 3.76. The van der Waals surface area contributed by atoms with Crippen LogP contribution >= 0.6 is 0 Å². The third-order valence-corrected chi connectivity index (χ3v) is 2.57. The SMILES string of the molecule is CCOC(=O)C(=C(C)[N+](=O)[O-])c1cccc(OC)c1F. The number of benzene rings is 1. The summed E-state index contributed by atoms with van der Waals surface area (Å²) in [5.41, 5.74) is -1.14. The molecule has 0 heterocycles. The number of hydrogen-bond acceptors (Lipinski definition) is 5. The summed E-state index contributed by atoms with van der Waals surface area (Å²) in [6, 6.07) is 4.05. The van der Waals surface area contributed by atoms with Crippen molar-refractivity contribution in [2.45, 2.75) is 13.8 Å². The molecular weight excluding hydrogens is 269 g/mol. The Morgan fingerprint density at radius 2 is 2.10 bits per heavy atom. The number of allylic oxidation sites excluding steroid dienone is 1. The Kier molecular flexibility index (Phi) is 5.19. The molecule has 0 aliphatic heterocycles. The molecule has 0 amide bonds. The molecule has 0 radical (unpaired) electrons. The predicted octanol–water partition coefficient (Wildman–Crippen LogP) is 2.41. The van der Waals surface area contributed by atoms with Crippen LogP contribution in [0.1, 0.15) is 19.4 Å². The molecule has 1 aromatic carbocycles. The lowest BCUT2D eigenvalue weighted by atomic mass is 10.0. The fourth-order valence-electron chi connectivity index (χ4n) is 1.61. The third-order valence-electron chi connectivity index (χ3n) is 2.57. The minimum atomic E-state index is -0.950. The van der Waals surface area contributed by atoms with E-state index in [4.69, 9.17) is 9.47 Å². The summed E-state index contributed by atoms with van der Waals surface area (Å²) in [4.78, 5) is 22.0. The fraction of sp³-hybridized carbons (Fsp3) is 0.308. The first kappa shape index (κ1) is 15.6. The molecule has 0 aromatic heterocycles. The smallest absolute Gasteiger partial charge is 0.345 e. The van der Waals surface area contributed by atoms with Crippen LogP contribution in [0.25, 0.3) is 5.57 Å². The number of carbonyl (C=O) groups excluding carboxylic acids is 1. The average molecular weight is 283 g/mol. The van der Waals surface area contributed by atoms with Crippen LogP contribution in [0, 0.1) is 15.9 Å². The van der Waals surface area contributed by atoms with Gasteiger partial charge in [-0.1, -0.05) is 12.1 Å². The number of rotatable bonds is 5. The van der Waals surface area contributed by atoms with Gasteiger partial charge in [-0.15, -0.1) is 0 Å². The highest BCUT2D eigenvalue weighted by Crippen LogP contribution is 2.28. The van der Waals surface area contributed by atoms with E-state index < -0.39 is 28.0 Å². The van der Waals surface area contributed by atoms with Gasteiger partial charge in [-0.25, -0.2) is 9.18 Å². The van der Waals surface area contributed by atoms with E-state index >= 15 is 0 Å². The highest BCUT2D eigenvalue weighted by molar-refractivity contribution is 6.17. The molecule has 0 spiro atoms. The predicted molar refractivity (Wildman–Crippen MR) is 69.2 cm³/mol. The van der Waals surface area contributed by atoms with Crippen LogP contribution in [-0.2, 0) is 9.53 Å². The Hall–Kier alpha value is -2.44. The number of carbonyl (C=O) groups is 1. The van der Waals surface area contributed by atoms with Crippen molar-refractivity contribution in [2.24, 2.45) is 0 Å².